The van der Waals surface area contributed by atoms with E-state index in [1.165, 1.54) is 10.4 Å². The highest BCUT2D eigenvalue weighted by Crippen LogP contribution is 2.31. The number of anilines is 1. The number of fused-ring (bicyclic) bond motifs is 1. The summed E-state index contributed by atoms with van der Waals surface area (Å²) in [5.41, 5.74) is 1.35. The van der Waals surface area contributed by atoms with Gasteiger partial charge in [0.15, 0.2) is 0 Å². The molecule has 0 spiro atoms. The normalized spacial score (nSPS) is 24.1. The first-order chi connectivity index (χ1) is 12.9. The molecule has 3 aliphatic heterocycles. The van der Waals surface area contributed by atoms with Crippen molar-refractivity contribution in [3.8, 4) is 0 Å². The summed E-state index contributed by atoms with van der Waals surface area (Å²) in [6.45, 7) is 3.95. The van der Waals surface area contributed by atoms with E-state index in [0.29, 0.717) is 49.6 Å². The van der Waals surface area contributed by atoms with Gasteiger partial charge in [0.1, 0.15) is 6.04 Å². The quantitative estimate of drug-likeness (QED) is 0.848. The van der Waals surface area contributed by atoms with Crippen LogP contribution in [0.2, 0.25) is 0 Å². The summed E-state index contributed by atoms with van der Waals surface area (Å²) in [6, 6.07) is 4.09. The predicted octanol–water partition coefficient (Wildman–Crippen LogP) is 1.59. The molecule has 0 radical (unpaired) electrons. The Labute approximate surface area is 159 Å². The Morgan fingerprint density at radius 2 is 1.89 bits per heavy atom. The van der Waals surface area contributed by atoms with Crippen LogP contribution in [0.5, 0.6) is 0 Å². The minimum atomic E-state index is -3.77. The van der Waals surface area contributed by atoms with E-state index in [2.05, 4.69) is 12.2 Å². The average Bonchev–Trinajstić information content (AvgIpc) is 3.27. The van der Waals surface area contributed by atoms with Gasteiger partial charge in [-0.05, 0) is 55.4 Å². The second-order valence-corrected chi connectivity index (χ2v) is 9.72. The molecule has 3 heterocycles. The molecule has 0 aliphatic carbocycles. The molecule has 7 nitrogen and oxygen atoms in total. The molecule has 1 aromatic rings. The molecule has 2 fully saturated rings. The van der Waals surface area contributed by atoms with Gasteiger partial charge in [-0.1, -0.05) is 6.92 Å². The van der Waals surface area contributed by atoms with Crippen LogP contribution in [0.25, 0.3) is 0 Å². The Bertz CT molecular complexity index is 875. The van der Waals surface area contributed by atoms with Gasteiger partial charge in [0.2, 0.25) is 21.8 Å². The minimum absolute atomic E-state index is 0.0685. The zero-order valence-electron chi connectivity index (χ0n) is 15.5. The summed E-state index contributed by atoms with van der Waals surface area (Å²) in [5.74, 6) is 0.411. The number of amides is 2. The second kappa shape index (κ2) is 6.91. The van der Waals surface area contributed by atoms with Gasteiger partial charge in [0.25, 0.3) is 0 Å². The van der Waals surface area contributed by atoms with Gasteiger partial charge in [-0.25, -0.2) is 8.42 Å². The number of carbonyl (C=O) groups excluding carboxylic acids is 2. The fourth-order valence-electron chi connectivity index (χ4n) is 4.22. The van der Waals surface area contributed by atoms with Crippen molar-refractivity contribution in [2.24, 2.45) is 5.92 Å². The van der Waals surface area contributed by atoms with Crippen molar-refractivity contribution in [3.63, 3.8) is 0 Å². The lowest BCUT2D eigenvalue weighted by Gasteiger charge is -2.34. The lowest BCUT2D eigenvalue weighted by Crippen LogP contribution is -2.49. The first-order valence-electron chi connectivity index (χ1n) is 9.59. The third kappa shape index (κ3) is 3.36. The van der Waals surface area contributed by atoms with Crippen LogP contribution in [-0.2, 0) is 26.0 Å². The van der Waals surface area contributed by atoms with Gasteiger partial charge < -0.3 is 10.2 Å². The molecule has 146 valence electrons. The fraction of sp³-hybridized carbons (Fsp3) is 0.579. The maximum atomic E-state index is 13.2. The number of rotatable bonds is 3. The van der Waals surface area contributed by atoms with Gasteiger partial charge in [0.05, 0.1) is 11.3 Å². The van der Waals surface area contributed by atoms with Gasteiger partial charge >= 0.3 is 0 Å². The Balaban J connectivity index is 1.57. The number of likely N-dealkylation sites (tertiary alicyclic amines) is 1. The highest BCUT2D eigenvalue weighted by molar-refractivity contribution is 7.89. The summed E-state index contributed by atoms with van der Waals surface area (Å²) >= 11 is 0. The lowest BCUT2D eigenvalue weighted by molar-refractivity contribution is -0.136. The lowest BCUT2D eigenvalue weighted by atomic mass is 9.98. The molecule has 0 aromatic heterocycles. The molecule has 0 unspecified atom stereocenters. The monoisotopic (exact) mass is 391 g/mol. The average molecular weight is 391 g/mol. The highest BCUT2D eigenvalue weighted by atomic mass is 32.2. The summed E-state index contributed by atoms with van der Waals surface area (Å²) < 4.78 is 27.8. The van der Waals surface area contributed by atoms with Crippen molar-refractivity contribution in [1.82, 2.24) is 9.21 Å². The number of nitrogens with one attached hydrogen (secondary N) is 1. The van der Waals surface area contributed by atoms with Crippen LogP contribution >= 0.6 is 0 Å². The van der Waals surface area contributed by atoms with E-state index < -0.39 is 16.1 Å². The van der Waals surface area contributed by atoms with E-state index in [1.807, 2.05) is 4.90 Å². The number of hydrogen-bond acceptors (Lipinski definition) is 4. The summed E-state index contributed by atoms with van der Waals surface area (Å²) in [5, 5.41) is 2.71. The molecule has 1 aromatic carbocycles. The summed E-state index contributed by atoms with van der Waals surface area (Å²) in [7, 11) is -3.77. The predicted molar refractivity (Wildman–Crippen MR) is 101 cm³/mol. The van der Waals surface area contributed by atoms with Crippen molar-refractivity contribution in [2.45, 2.75) is 50.0 Å². The standard InChI is InChI=1S/C19H25N3O4S/c1-13-6-9-21(10-7-13)19(24)17-3-2-8-22(17)27(25,26)15-4-5-16-14(11-15)12-18(23)20-16/h4-5,11,13,17H,2-3,6-10,12H2,1H3,(H,20,23)/t17-/m0/s1. The van der Waals surface area contributed by atoms with Gasteiger partial charge in [-0.3, -0.25) is 9.59 Å². The minimum Gasteiger partial charge on any atom is -0.341 e. The van der Waals surface area contributed by atoms with E-state index in [0.717, 1.165) is 12.8 Å². The van der Waals surface area contributed by atoms with Crippen molar-refractivity contribution in [2.75, 3.05) is 25.0 Å². The number of carbonyl (C=O) groups is 2. The first-order valence-corrected chi connectivity index (χ1v) is 11.0. The summed E-state index contributed by atoms with van der Waals surface area (Å²) in [6.07, 6.45) is 3.38. The van der Waals surface area contributed by atoms with Gasteiger partial charge in [-0.2, -0.15) is 4.31 Å². The van der Waals surface area contributed by atoms with Gasteiger partial charge in [0, 0.05) is 25.3 Å². The van der Waals surface area contributed by atoms with Crippen LogP contribution in [0.3, 0.4) is 0 Å². The molecular weight excluding hydrogens is 366 g/mol. The zero-order chi connectivity index (χ0) is 19.2. The van der Waals surface area contributed by atoms with Crippen molar-refractivity contribution in [1.29, 1.82) is 0 Å². The third-order valence-corrected chi connectivity index (χ3v) is 7.80. The Morgan fingerprint density at radius 3 is 2.63 bits per heavy atom. The van der Waals surface area contributed by atoms with Crippen molar-refractivity contribution in [3.05, 3.63) is 23.8 Å². The molecule has 3 aliphatic rings. The number of benzene rings is 1. The Kier molecular flexibility index (Phi) is 4.71. The van der Waals surface area contributed by atoms with E-state index in [4.69, 9.17) is 0 Å². The largest absolute Gasteiger partial charge is 0.341 e. The Hall–Kier alpha value is -1.93. The molecule has 1 N–H and O–H groups in total. The molecule has 8 heteroatoms. The van der Waals surface area contributed by atoms with Crippen LogP contribution < -0.4 is 5.32 Å². The SMILES string of the molecule is CC1CCN(C(=O)[C@@H]2CCCN2S(=O)(=O)c2ccc3c(c2)CC(=O)N3)CC1. The molecule has 0 saturated carbocycles. The topological polar surface area (TPSA) is 86.8 Å². The Morgan fingerprint density at radius 1 is 1.15 bits per heavy atom. The fourth-order valence-corrected chi connectivity index (χ4v) is 5.92. The van der Waals surface area contributed by atoms with Crippen LogP contribution in [0.15, 0.2) is 23.1 Å². The molecule has 2 amide bonds. The maximum absolute atomic E-state index is 13.2. The number of sulfonamides is 1. The maximum Gasteiger partial charge on any atom is 0.243 e. The highest BCUT2D eigenvalue weighted by Gasteiger charge is 2.41. The van der Waals surface area contributed by atoms with Crippen molar-refractivity contribution >= 4 is 27.5 Å². The van der Waals surface area contributed by atoms with E-state index in [1.54, 1.807) is 12.1 Å². The first kappa shape index (κ1) is 18.4. The van der Waals surface area contributed by atoms with E-state index in [-0.39, 0.29) is 23.1 Å². The molecular formula is C19H25N3O4S. The van der Waals surface area contributed by atoms with E-state index in [9.17, 15) is 18.0 Å². The van der Waals surface area contributed by atoms with Gasteiger partial charge in [-0.15, -0.1) is 0 Å². The van der Waals surface area contributed by atoms with Crippen molar-refractivity contribution < 1.29 is 18.0 Å². The molecule has 2 saturated heterocycles. The molecule has 0 bridgehead atoms. The number of nitrogens with zero attached hydrogens (tertiary/aromatic N) is 2. The number of piperidine rings is 1. The van der Waals surface area contributed by atoms with Crippen LogP contribution in [-0.4, -0.2) is 55.1 Å². The molecule has 1 atom stereocenters. The smallest absolute Gasteiger partial charge is 0.243 e. The summed E-state index contributed by atoms with van der Waals surface area (Å²) in [4.78, 5) is 26.5. The van der Waals surface area contributed by atoms with Crippen LogP contribution in [0.4, 0.5) is 5.69 Å². The van der Waals surface area contributed by atoms with Crippen LogP contribution in [0, 0.1) is 5.92 Å². The molecule has 27 heavy (non-hydrogen) atoms. The second-order valence-electron chi connectivity index (χ2n) is 7.83. The zero-order valence-corrected chi connectivity index (χ0v) is 16.3. The third-order valence-electron chi connectivity index (χ3n) is 5.89. The van der Waals surface area contributed by atoms with E-state index >= 15 is 0 Å². The van der Waals surface area contributed by atoms with Crippen LogP contribution in [0.1, 0.15) is 38.2 Å². The number of hydrogen-bond donors (Lipinski definition) is 1. The molecule has 4 rings (SSSR count).